The molecule has 1 aromatic carbocycles. The summed E-state index contributed by atoms with van der Waals surface area (Å²) in [6.45, 7) is 0.722. The van der Waals surface area contributed by atoms with Crippen molar-refractivity contribution in [2.45, 2.75) is 6.42 Å². The summed E-state index contributed by atoms with van der Waals surface area (Å²) < 4.78 is 9.99. The van der Waals surface area contributed by atoms with Crippen LogP contribution in [0.1, 0.15) is 6.42 Å². The number of amides is 1. The average molecular weight is 284 g/mol. The van der Waals surface area contributed by atoms with Crippen molar-refractivity contribution in [1.29, 1.82) is 0 Å². The third-order valence-corrected chi connectivity index (χ3v) is 3.45. The van der Waals surface area contributed by atoms with Gasteiger partial charge in [-0.1, -0.05) is 0 Å². The van der Waals surface area contributed by atoms with Gasteiger partial charge in [0.05, 0.1) is 24.2 Å². The molecule has 0 aliphatic carbocycles. The minimum Gasteiger partial charge on any atom is -0.497 e. The highest BCUT2D eigenvalue weighted by Crippen LogP contribution is 2.24. The number of thioether (sulfide) groups is 1. The number of carbonyl (C=O) groups is 1. The maximum Gasteiger partial charge on any atom is 0.234 e. The Hall–Kier alpha value is -1.40. The summed E-state index contributed by atoms with van der Waals surface area (Å²) in [4.78, 5) is 11.7. The molecule has 0 spiro atoms. The van der Waals surface area contributed by atoms with E-state index in [1.165, 1.54) is 0 Å². The number of hydrogen-bond donors (Lipinski definition) is 2. The Morgan fingerprint density at radius 2 is 2.21 bits per heavy atom. The molecule has 1 aromatic rings. The molecular weight excluding hydrogens is 264 g/mol. The molecule has 0 heterocycles. The lowest BCUT2D eigenvalue weighted by atomic mass is 10.2. The summed E-state index contributed by atoms with van der Waals surface area (Å²) in [5.74, 6) is 1.93. The van der Waals surface area contributed by atoms with E-state index >= 15 is 0 Å². The molecule has 0 saturated heterocycles. The zero-order valence-electron chi connectivity index (χ0n) is 11.3. The normalized spacial score (nSPS) is 10.2. The maximum atomic E-state index is 11.7. The van der Waals surface area contributed by atoms with Crippen molar-refractivity contribution in [2.24, 2.45) is 0 Å². The Balaban J connectivity index is 2.36. The Morgan fingerprint density at radius 3 is 2.84 bits per heavy atom. The molecule has 0 saturated carbocycles. The van der Waals surface area contributed by atoms with E-state index in [2.05, 4.69) is 5.32 Å². The number of hydrogen-bond acceptors (Lipinski definition) is 5. The Labute approximate surface area is 117 Å². The number of nitrogen functional groups attached to an aromatic ring is 1. The summed E-state index contributed by atoms with van der Waals surface area (Å²) in [7, 11) is 3.24. The van der Waals surface area contributed by atoms with E-state index in [-0.39, 0.29) is 5.91 Å². The smallest absolute Gasteiger partial charge is 0.234 e. The number of nitrogens with two attached hydrogens (primary N) is 1. The van der Waals surface area contributed by atoms with E-state index in [0.29, 0.717) is 22.9 Å². The van der Waals surface area contributed by atoms with Crippen molar-refractivity contribution < 1.29 is 14.3 Å². The molecule has 0 atom stereocenters. The van der Waals surface area contributed by atoms with Crippen LogP contribution in [-0.2, 0) is 9.53 Å². The van der Waals surface area contributed by atoms with Crippen LogP contribution in [0, 0.1) is 0 Å². The van der Waals surface area contributed by atoms with Crippen molar-refractivity contribution >= 4 is 29.0 Å². The van der Waals surface area contributed by atoms with Crippen LogP contribution < -0.4 is 15.8 Å². The van der Waals surface area contributed by atoms with Gasteiger partial charge in [0.15, 0.2) is 0 Å². The predicted molar refractivity (Wildman–Crippen MR) is 79.9 cm³/mol. The maximum absolute atomic E-state index is 11.7. The van der Waals surface area contributed by atoms with E-state index in [1.807, 2.05) is 0 Å². The molecule has 5 nitrogen and oxygen atoms in total. The van der Waals surface area contributed by atoms with E-state index in [0.717, 1.165) is 18.8 Å². The lowest BCUT2D eigenvalue weighted by Crippen LogP contribution is -2.15. The minimum absolute atomic E-state index is 0.0562. The van der Waals surface area contributed by atoms with Crippen LogP contribution in [0.25, 0.3) is 0 Å². The molecule has 106 valence electrons. The first kappa shape index (κ1) is 15.7. The zero-order valence-corrected chi connectivity index (χ0v) is 12.1. The lowest BCUT2D eigenvalue weighted by Gasteiger charge is -2.09. The molecule has 3 N–H and O–H groups in total. The molecule has 1 amide bonds. The van der Waals surface area contributed by atoms with Crippen molar-refractivity contribution in [3.63, 3.8) is 0 Å². The Morgan fingerprint density at radius 1 is 1.42 bits per heavy atom. The van der Waals surface area contributed by atoms with Gasteiger partial charge in [0.2, 0.25) is 5.91 Å². The summed E-state index contributed by atoms with van der Waals surface area (Å²) in [5.41, 5.74) is 6.93. The van der Waals surface area contributed by atoms with E-state index < -0.39 is 0 Å². The van der Waals surface area contributed by atoms with Gasteiger partial charge in [0, 0.05) is 19.8 Å². The molecule has 0 aromatic heterocycles. The molecule has 6 heteroatoms. The summed E-state index contributed by atoms with van der Waals surface area (Å²) in [5, 5.41) is 2.78. The first-order valence-electron chi connectivity index (χ1n) is 5.97. The van der Waals surface area contributed by atoms with Crippen LogP contribution >= 0.6 is 11.8 Å². The third-order valence-electron chi connectivity index (χ3n) is 2.40. The standard InChI is InChI=1S/C13H20N2O3S/c1-17-6-3-7-19-9-13(16)15-12-5-4-10(18-2)8-11(12)14/h4-5,8H,3,6-7,9,14H2,1-2H3,(H,15,16). The molecule has 0 bridgehead atoms. The average Bonchev–Trinajstić information content (AvgIpc) is 2.41. The van der Waals surface area contributed by atoms with Gasteiger partial charge in [-0.2, -0.15) is 11.8 Å². The van der Waals surface area contributed by atoms with Crippen LogP contribution in [0.5, 0.6) is 5.75 Å². The van der Waals surface area contributed by atoms with Crippen molar-refractivity contribution in [1.82, 2.24) is 0 Å². The first-order valence-corrected chi connectivity index (χ1v) is 7.13. The van der Waals surface area contributed by atoms with Crippen LogP contribution in [0.15, 0.2) is 18.2 Å². The highest BCUT2D eigenvalue weighted by atomic mass is 32.2. The molecule has 0 aliphatic heterocycles. The third kappa shape index (κ3) is 5.85. The number of methoxy groups -OCH3 is 2. The number of anilines is 2. The fourth-order valence-corrected chi connectivity index (χ4v) is 2.16. The van der Waals surface area contributed by atoms with Crippen LogP contribution in [0.4, 0.5) is 11.4 Å². The Kier molecular flexibility index (Phi) is 7.14. The molecule has 0 aliphatic rings. The molecule has 19 heavy (non-hydrogen) atoms. The molecule has 0 unspecified atom stereocenters. The van der Waals surface area contributed by atoms with Crippen LogP contribution in [0.3, 0.4) is 0 Å². The van der Waals surface area contributed by atoms with Gasteiger partial charge < -0.3 is 20.5 Å². The van der Waals surface area contributed by atoms with Crippen molar-refractivity contribution in [2.75, 3.05) is 43.4 Å². The van der Waals surface area contributed by atoms with Gasteiger partial charge in [0.1, 0.15) is 5.75 Å². The fourth-order valence-electron chi connectivity index (χ4n) is 1.44. The summed E-state index contributed by atoms with van der Waals surface area (Å²) in [6, 6.07) is 5.18. The minimum atomic E-state index is -0.0562. The van der Waals surface area contributed by atoms with Gasteiger partial charge in [0.25, 0.3) is 0 Å². The molecule has 0 fully saturated rings. The highest BCUT2D eigenvalue weighted by molar-refractivity contribution is 7.99. The van der Waals surface area contributed by atoms with Gasteiger partial charge in [-0.3, -0.25) is 4.79 Å². The van der Waals surface area contributed by atoms with Gasteiger partial charge in [-0.15, -0.1) is 0 Å². The largest absolute Gasteiger partial charge is 0.497 e. The van der Waals surface area contributed by atoms with Crippen LogP contribution in [-0.4, -0.2) is 38.2 Å². The summed E-state index contributed by atoms with van der Waals surface area (Å²) >= 11 is 1.58. The SMILES string of the molecule is COCCCSCC(=O)Nc1ccc(OC)cc1N. The number of nitrogens with one attached hydrogen (secondary N) is 1. The second-order valence-corrected chi connectivity index (χ2v) is 5.01. The quantitative estimate of drug-likeness (QED) is 0.564. The predicted octanol–water partition coefficient (Wildman–Crippen LogP) is 1.99. The fraction of sp³-hybridized carbons (Fsp3) is 0.462. The van der Waals surface area contributed by atoms with E-state index in [1.54, 1.807) is 44.2 Å². The zero-order chi connectivity index (χ0) is 14.1. The monoisotopic (exact) mass is 284 g/mol. The highest BCUT2D eigenvalue weighted by Gasteiger charge is 2.06. The number of rotatable bonds is 8. The molecule has 0 radical (unpaired) electrons. The second-order valence-electron chi connectivity index (χ2n) is 3.90. The van der Waals surface area contributed by atoms with E-state index in [4.69, 9.17) is 15.2 Å². The van der Waals surface area contributed by atoms with Crippen LogP contribution in [0.2, 0.25) is 0 Å². The number of benzene rings is 1. The van der Waals surface area contributed by atoms with Crippen molar-refractivity contribution in [3.05, 3.63) is 18.2 Å². The first-order chi connectivity index (χ1) is 9.17. The van der Waals surface area contributed by atoms with E-state index in [9.17, 15) is 4.79 Å². The number of carbonyl (C=O) groups excluding carboxylic acids is 1. The Bertz CT molecular complexity index is 413. The van der Waals surface area contributed by atoms with Gasteiger partial charge in [-0.25, -0.2) is 0 Å². The molecular formula is C13H20N2O3S. The number of ether oxygens (including phenoxy) is 2. The lowest BCUT2D eigenvalue weighted by molar-refractivity contribution is -0.113. The van der Waals surface area contributed by atoms with Gasteiger partial charge >= 0.3 is 0 Å². The molecule has 1 rings (SSSR count). The van der Waals surface area contributed by atoms with Crippen molar-refractivity contribution in [3.8, 4) is 5.75 Å². The van der Waals surface area contributed by atoms with Gasteiger partial charge in [-0.05, 0) is 24.3 Å². The topological polar surface area (TPSA) is 73.6 Å². The second kappa shape index (κ2) is 8.66. The summed E-state index contributed by atoms with van der Waals surface area (Å²) in [6.07, 6.45) is 0.944.